The molecule has 0 aliphatic rings. The Morgan fingerprint density at radius 2 is 2.23 bits per heavy atom. The van der Waals surface area contributed by atoms with E-state index >= 15 is 0 Å². The summed E-state index contributed by atoms with van der Waals surface area (Å²) in [6, 6.07) is 7.22. The number of carbonyl (C=O) groups excluding carboxylic acids is 1. The number of nitrogens with one attached hydrogen (secondary N) is 1. The zero-order valence-corrected chi connectivity index (χ0v) is 14.3. The molecule has 1 atom stereocenters. The van der Waals surface area contributed by atoms with Crippen LogP contribution in [-0.4, -0.2) is 23.5 Å². The average Bonchev–Trinajstić information content (AvgIpc) is 2.96. The molecule has 0 spiro atoms. The van der Waals surface area contributed by atoms with Crippen LogP contribution in [0, 0.1) is 0 Å². The minimum Gasteiger partial charge on any atom is -0.487 e. The molecule has 1 heterocycles. The van der Waals surface area contributed by atoms with Gasteiger partial charge in [0.1, 0.15) is 22.6 Å². The number of thiazole rings is 1. The van der Waals surface area contributed by atoms with Crippen LogP contribution >= 0.6 is 35.3 Å². The minimum absolute atomic E-state index is 0. The third-order valence-electron chi connectivity index (χ3n) is 2.67. The van der Waals surface area contributed by atoms with Gasteiger partial charge >= 0.3 is 0 Å². The van der Waals surface area contributed by atoms with Crippen molar-refractivity contribution in [1.29, 1.82) is 0 Å². The molecule has 5 nitrogen and oxygen atoms in total. The Morgan fingerprint density at radius 1 is 1.50 bits per heavy atom. The number of hydrogen-bond acceptors (Lipinski definition) is 5. The highest BCUT2D eigenvalue weighted by Gasteiger charge is 2.12. The van der Waals surface area contributed by atoms with Gasteiger partial charge in [-0.15, -0.1) is 23.7 Å². The summed E-state index contributed by atoms with van der Waals surface area (Å²) in [7, 11) is 0. The first-order valence-corrected chi connectivity index (χ1v) is 7.69. The van der Waals surface area contributed by atoms with Gasteiger partial charge in [-0.25, -0.2) is 4.98 Å². The predicted octanol–water partition coefficient (Wildman–Crippen LogP) is 2.87. The fourth-order valence-corrected chi connectivity index (χ4v) is 2.47. The van der Waals surface area contributed by atoms with Crippen LogP contribution in [-0.2, 0) is 6.54 Å². The molecule has 8 heteroatoms. The van der Waals surface area contributed by atoms with Crippen LogP contribution < -0.4 is 15.8 Å². The summed E-state index contributed by atoms with van der Waals surface area (Å²) >= 11 is 7.38. The van der Waals surface area contributed by atoms with Crippen LogP contribution in [0.15, 0.2) is 29.6 Å². The molecule has 0 saturated heterocycles. The normalized spacial score (nSPS) is 11.4. The number of ether oxygens (including phenoxy) is 1. The van der Waals surface area contributed by atoms with E-state index in [1.807, 2.05) is 19.1 Å². The number of nitrogens with zero attached hydrogens (tertiary/aromatic N) is 1. The molecule has 2 aromatic rings. The van der Waals surface area contributed by atoms with E-state index in [1.165, 1.54) is 11.3 Å². The van der Waals surface area contributed by atoms with Crippen LogP contribution in [0.2, 0.25) is 5.02 Å². The summed E-state index contributed by atoms with van der Waals surface area (Å²) in [5.41, 5.74) is 5.85. The highest BCUT2D eigenvalue weighted by Crippen LogP contribution is 2.24. The molecule has 0 radical (unpaired) electrons. The summed E-state index contributed by atoms with van der Waals surface area (Å²) in [5, 5.41) is 5.74. The molecule has 0 aliphatic heterocycles. The van der Waals surface area contributed by atoms with E-state index in [2.05, 4.69) is 10.3 Å². The van der Waals surface area contributed by atoms with Crippen LogP contribution in [0.1, 0.15) is 22.4 Å². The van der Waals surface area contributed by atoms with Gasteiger partial charge < -0.3 is 15.8 Å². The second-order valence-electron chi connectivity index (χ2n) is 4.40. The topological polar surface area (TPSA) is 77.2 Å². The summed E-state index contributed by atoms with van der Waals surface area (Å²) in [5.74, 6) is 0.362. The summed E-state index contributed by atoms with van der Waals surface area (Å²) in [6.45, 7) is 2.56. The molecule has 1 amide bonds. The number of amides is 1. The van der Waals surface area contributed by atoms with Crippen LogP contribution in [0.4, 0.5) is 0 Å². The first-order valence-electron chi connectivity index (χ1n) is 6.44. The third-order valence-corrected chi connectivity index (χ3v) is 3.86. The molecule has 0 bridgehead atoms. The standard InChI is InChI=1S/C14H16ClN3O2S.ClH/c1-9(20-12-5-3-2-4-10(12)15)7-17-14(19)11-8-21-13(6-16)18-11;/h2-5,8-9H,6-7,16H2,1H3,(H,17,19);1H. The van der Waals surface area contributed by atoms with Gasteiger partial charge in [-0.05, 0) is 19.1 Å². The van der Waals surface area contributed by atoms with Gasteiger partial charge in [-0.1, -0.05) is 23.7 Å². The van der Waals surface area contributed by atoms with Crippen molar-refractivity contribution in [3.05, 3.63) is 45.4 Å². The molecule has 0 saturated carbocycles. The second-order valence-corrected chi connectivity index (χ2v) is 5.75. The Balaban J connectivity index is 0.00000242. The zero-order chi connectivity index (χ0) is 15.2. The van der Waals surface area contributed by atoms with Crippen molar-refractivity contribution in [3.63, 3.8) is 0 Å². The van der Waals surface area contributed by atoms with Crippen LogP contribution in [0.3, 0.4) is 0 Å². The fraction of sp³-hybridized carbons (Fsp3) is 0.286. The first kappa shape index (κ1) is 18.7. The van der Waals surface area contributed by atoms with E-state index in [0.717, 1.165) is 5.01 Å². The van der Waals surface area contributed by atoms with Gasteiger partial charge in [0, 0.05) is 11.9 Å². The van der Waals surface area contributed by atoms with E-state index in [1.54, 1.807) is 17.5 Å². The molecular weight excluding hydrogens is 345 g/mol. The lowest BCUT2D eigenvalue weighted by molar-refractivity contribution is 0.0928. The number of halogens is 2. The van der Waals surface area contributed by atoms with Gasteiger partial charge in [-0.2, -0.15) is 0 Å². The van der Waals surface area contributed by atoms with E-state index < -0.39 is 0 Å². The SMILES string of the molecule is CC(CNC(=O)c1csc(CN)n1)Oc1ccccc1Cl.Cl. The molecule has 22 heavy (non-hydrogen) atoms. The minimum atomic E-state index is -0.236. The molecule has 3 N–H and O–H groups in total. The van der Waals surface area contributed by atoms with Gasteiger partial charge in [0.15, 0.2) is 0 Å². The summed E-state index contributed by atoms with van der Waals surface area (Å²) in [6.07, 6.45) is -0.207. The van der Waals surface area contributed by atoms with E-state index in [9.17, 15) is 4.79 Å². The average molecular weight is 362 g/mol. The lowest BCUT2D eigenvalue weighted by atomic mass is 10.3. The lowest BCUT2D eigenvalue weighted by Gasteiger charge is -2.16. The monoisotopic (exact) mass is 361 g/mol. The first-order chi connectivity index (χ1) is 10.1. The Hall–Kier alpha value is -1.34. The number of nitrogens with two attached hydrogens (primary N) is 1. The van der Waals surface area contributed by atoms with Crippen LogP contribution in [0.5, 0.6) is 5.75 Å². The Morgan fingerprint density at radius 3 is 2.86 bits per heavy atom. The van der Waals surface area contributed by atoms with Gasteiger partial charge in [0.25, 0.3) is 5.91 Å². The molecule has 1 aromatic carbocycles. The Bertz CT molecular complexity index is 622. The Kier molecular flexibility index (Phi) is 7.61. The van der Waals surface area contributed by atoms with E-state index in [4.69, 9.17) is 22.1 Å². The van der Waals surface area contributed by atoms with Crippen LogP contribution in [0.25, 0.3) is 0 Å². The highest BCUT2D eigenvalue weighted by atomic mass is 35.5. The van der Waals surface area contributed by atoms with Gasteiger partial charge in [0.2, 0.25) is 0 Å². The highest BCUT2D eigenvalue weighted by molar-refractivity contribution is 7.09. The zero-order valence-electron chi connectivity index (χ0n) is 11.9. The lowest BCUT2D eigenvalue weighted by Crippen LogP contribution is -2.33. The van der Waals surface area contributed by atoms with E-state index in [0.29, 0.717) is 29.6 Å². The Labute approximate surface area is 144 Å². The molecule has 1 unspecified atom stereocenters. The van der Waals surface area contributed by atoms with Gasteiger partial charge in [0.05, 0.1) is 11.6 Å². The van der Waals surface area contributed by atoms with Crippen molar-refractivity contribution >= 4 is 41.3 Å². The number of carbonyl (C=O) groups is 1. The molecule has 120 valence electrons. The smallest absolute Gasteiger partial charge is 0.270 e. The quantitative estimate of drug-likeness (QED) is 0.829. The number of aromatic nitrogens is 1. The molecule has 0 fully saturated rings. The van der Waals surface area contributed by atoms with Crippen molar-refractivity contribution in [2.45, 2.75) is 19.6 Å². The summed E-state index contributed by atoms with van der Waals surface area (Å²) in [4.78, 5) is 16.0. The van der Waals surface area contributed by atoms with E-state index in [-0.39, 0.29) is 24.4 Å². The van der Waals surface area contributed by atoms with Crippen molar-refractivity contribution in [3.8, 4) is 5.75 Å². The second kappa shape index (κ2) is 8.95. The maximum absolute atomic E-state index is 11.9. The number of para-hydroxylation sites is 1. The number of rotatable bonds is 6. The molecule has 1 aromatic heterocycles. The van der Waals surface area contributed by atoms with Crippen molar-refractivity contribution < 1.29 is 9.53 Å². The predicted molar refractivity (Wildman–Crippen MR) is 91.1 cm³/mol. The summed E-state index contributed by atoms with van der Waals surface area (Å²) < 4.78 is 5.67. The van der Waals surface area contributed by atoms with Crippen molar-refractivity contribution in [1.82, 2.24) is 10.3 Å². The maximum atomic E-state index is 11.9. The maximum Gasteiger partial charge on any atom is 0.270 e. The fourth-order valence-electron chi connectivity index (χ4n) is 1.63. The van der Waals surface area contributed by atoms with Crippen molar-refractivity contribution in [2.75, 3.05) is 6.54 Å². The largest absolute Gasteiger partial charge is 0.487 e. The number of hydrogen-bond donors (Lipinski definition) is 2. The molecule has 2 rings (SSSR count). The van der Waals surface area contributed by atoms with Gasteiger partial charge in [-0.3, -0.25) is 4.79 Å². The third kappa shape index (κ3) is 5.14. The molecule has 0 aliphatic carbocycles. The van der Waals surface area contributed by atoms with Crippen molar-refractivity contribution in [2.24, 2.45) is 5.73 Å². The number of benzene rings is 1. The molecular formula is C14H17Cl2N3O2S.